The van der Waals surface area contributed by atoms with Gasteiger partial charge in [-0.25, -0.2) is 4.39 Å². The average molecular weight is 281 g/mol. The molecule has 0 fully saturated rings. The topological polar surface area (TPSA) is 34.9 Å². The van der Waals surface area contributed by atoms with E-state index in [2.05, 4.69) is 5.10 Å². The lowest BCUT2D eigenvalue weighted by molar-refractivity contribution is 0.0991. The number of hydrogen-bond donors (Lipinski definition) is 0. The highest BCUT2D eigenvalue weighted by Crippen LogP contribution is 2.19. The van der Waals surface area contributed by atoms with Crippen LogP contribution in [0, 0.1) is 19.7 Å². The molecule has 1 heterocycles. The van der Waals surface area contributed by atoms with Gasteiger partial charge in [-0.3, -0.25) is 9.48 Å². The minimum Gasteiger partial charge on any atom is -0.294 e. The van der Waals surface area contributed by atoms with E-state index in [-0.39, 0.29) is 17.2 Å². The molecule has 1 aromatic heterocycles. The molecular formula is C14H14ClFN2O. The second-order valence-electron chi connectivity index (χ2n) is 4.52. The zero-order chi connectivity index (χ0) is 14.2. The number of carbonyl (C=O) groups is 1. The number of aromatic nitrogens is 2. The fourth-order valence-electron chi connectivity index (χ4n) is 2.10. The molecule has 0 N–H and O–H groups in total. The van der Waals surface area contributed by atoms with Crippen molar-refractivity contribution in [1.82, 2.24) is 9.78 Å². The Morgan fingerprint density at radius 2 is 2.11 bits per heavy atom. The first-order valence-corrected chi connectivity index (χ1v) is 6.25. The Labute approximate surface area is 116 Å². The van der Waals surface area contributed by atoms with E-state index in [0.29, 0.717) is 16.8 Å². The molecule has 5 heteroatoms. The average Bonchev–Trinajstić information content (AvgIpc) is 2.58. The molecule has 0 aliphatic carbocycles. The molecule has 0 amide bonds. The fourth-order valence-corrected chi connectivity index (χ4v) is 2.30. The lowest BCUT2D eigenvalue weighted by atomic mass is 10.0. The van der Waals surface area contributed by atoms with Crippen LogP contribution in [0.5, 0.6) is 0 Å². The SMILES string of the molecule is Cc1nn(C)c(C)c1C(=O)Cc1ccc(F)c(Cl)c1. The molecule has 0 radical (unpaired) electrons. The predicted octanol–water partition coefficient (Wildman–Crippen LogP) is 3.25. The van der Waals surface area contributed by atoms with Crippen LogP contribution in [0.2, 0.25) is 5.02 Å². The minimum absolute atomic E-state index is 0.0323. The number of Topliss-reactive ketones (excluding diaryl/α,β-unsaturated/α-hetero) is 1. The van der Waals surface area contributed by atoms with Crippen molar-refractivity contribution in [1.29, 1.82) is 0 Å². The first kappa shape index (κ1) is 13.7. The van der Waals surface area contributed by atoms with Crippen molar-refractivity contribution >= 4 is 17.4 Å². The molecule has 0 spiro atoms. The van der Waals surface area contributed by atoms with Crippen molar-refractivity contribution < 1.29 is 9.18 Å². The van der Waals surface area contributed by atoms with Gasteiger partial charge >= 0.3 is 0 Å². The Morgan fingerprint density at radius 1 is 1.42 bits per heavy atom. The van der Waals surface area contributed by atoms with Gasteiger partial charge < -0.3 is 0 Å². The van der Waals surface area contributed by atoms with E-state index in [0.717, 1.165) is 5.69 Å². The van der Waals surface area contributed by atoms with E-state index in [4.69, 9.17) is 11.6 Å². The van der Waals surface area contributed by atoms with Gasteiger partial charge in [-0.05, 0) is 31.5 Å². The molecule has 100 valence electrons. The molecule has 0 aliphatic heterocycles. The number of aryl methyl sites for hydroxylation is 2. The summed E-state index contributed by atoms with van der Waals surface area (Å²) in [5, 5.41) is 4.25. The van der Waals surface area contributed by atoms with E-state index in [1.807, 2.05) is 6.92 Å². The second kappa shape index (κ2) is 5.13. The maximum Gasteiger partial charge on any atom is 0.170 e. The Kier molecular flexibility index (Phi) is 3.71. The number of ketones is 1. The summed E-state index contributed by atoms with van der Waals surface area (Å²) in [7, 11) is 1.80. The molecule has 0 saturated carbocycles. The first-order valence-electron chi connectivity index (χ1n) is 5.87. The van der Waals surface area contributed by atoms with E-state index in [9.17, 15) is 9.18 Å². The van der Waals surface area contributed by atoms with Crippen LogP contribution in [0.25, 0.3) is 0 Å². The number of benzene rings is 1. The van der Waals surface area contributed by atoms with Crippen molar-refractivity contribution in [3.63, 3.8) is 0 Å². The molecule has 0 aliphatic rings. The molecule has 0 unspecified atom stereocenters. The van der Waals surface area contributed by atoms with Crippen LogP contribution >= 0.6 is 11.6 Å². The second-order valence-corrected chi connectivity index (χ2v) is 4.93. The van der Waals surface area contributed by atoms with Gasteiger partial charge in [0.2, 0.25) is 0 Å². The monoisotopic (exact) mass is 280 g/mol. The lowest BCUT2D eigenvalue weighted by Crippen LogP contribution is -2.06. The maximum atomic E-state index is 13.1. The number of rotatable bonds is 3. The van der Waals surface area contributed by atoms with Crippen molar-refractivity contribution in [3.8, 4) is 0 Å². The lowest BCUT2D eigenvalue weighted by Gasteiger charge is -2.03. The quantitative estimate of drug-likeness (QED) is 0.809. The third kappa shape index (κ3) is 2.68. The van der Waals surface area contributed by atoms with Crippen LogP contribution < -0.4 is 0 Å². The van der Waals surface area contributed by atoms with Crippen molar-refractivity contribution in [2.24, 2.45) is 7.05 Å². The molecular weight excluding hydrogens is 267 g/mol. The summed E-state index contributed by atoms with van der Waals surface area (Å²) in [6, 6.07) is 4.32. The summed E-state index contributed by atoms with van der Waals surface area (Å²) in [5.74, 6) is -0.516. The Bertz CT molecular complexity index is 649. The number of nitrogens with zero attached hydrogens (tertiary/aromatic N) is 2. The Hall–Kier alpha value is -1.68. The van der Waals surface area contributed by atoms with Crippen LogP contribution in [0.4, 0.5) is 4.39 Å². The number of hydrogen-bond acceptors (Lipinski definition) is 2. The van der Waals surface area contributed by atoms with Gasteiger partial charge in [0.05, 0.1) is 16.3 Å². The molecule has 0 atom stereocenters. The van der Waals surface area contributed by atoms with E-state index < -0.39 is 5.82 Å². The van der Waals surface area contributed by atoms with E-state index >= 15 is 0 Å². The number of halogens is 2. The normalized spacial score (nSPS) is 10.8. The van der Waals surface area contributed by atoms with Crippen LogP contribution in [0.15, 0.2) is 18.2 Å². The van der Waals surface area contributed by atoms with E-state index in [1.54, 1.807) is 24.7 Å². The van der Waals surface area contributed by atoms with Crippen LogP contribution in [0.3, 0.4) is 0 Å². The third-order valence-electron chi connectivity index (χ3n) is 3.14. The minimum atomic E-state index is -0.480. The van der Waals surface area contributed by atoms with Crippen LogP contribution in [-0.4, -0.2) is 15.6 Å². The standard InChI is InChI=1S/C14H14ClFN2O/c1-8-14(9(2)18(3)17-8)13(19)7-10-4-5-12(16)11(15)6-10/h4-6H,7H2,1-3H3. The highest BCUT2D eigenvalue weighted by atomic mass is 35.5. The molecule has 2 aromatic rings. The predicted molar refractivity (Wildman–Crippen MR) is 72.1 cm³/mol. The highest BCUT2D eigenvalue weighted by molar-refractivity contribution is 6.30. The number of carbonyl (C=O) groups excluding carboxylic acids is 1. The van der Waals surface area contributed by atoms with Crippen molar-refractivity contribution in [2.75, 3.05) is 0 Å². The fraction of sp³-hybridized carbons (Fsp3) is 0.286. The van der Waals surface area contributed by atoms with Gasteiger partial charge in [0.25, 0.3) is 0 Å². The molecule has 0 saturated heterocycles. The van der Waals surface area contributed by atoms with Crippen LogP contribution in [0.1, 0.15) is 27.3 Å². The first-order chi connectivity index (χ1) is 8.90. The van der Waals surface area contributed by atoms with Crippen molar-refractivity contribution in [2.45, 2.75) is 20.3 Å². The summed E-state index contributed by atoms with van der Waals surface area (Å²) < 4.78 is 14.7. The summed E-state index contributed by atoms with van der Waals surface area (Å²) in [5.41, 5.74) is 2.86. The third-order valence-corrected chi connectivity index (χ3v) is 3.43. The summed E-state index contributed by atoms with van der Waals surface area (Å²) in [4.78, 5) is 12.3. The van der Waals surface area contributed by atoms with Gasteiger partial charge in [-0.1, -0.05) is 17.7 Å². The molecule has 2 rings (SSSR count). The molecule has 1 aromatic carbocycles. The van der Waals surface area contributed by atoms with Gasteiger partial charge in [0.1, 0.15) is 5.82 Å². The zero-order valence-corrected chi connectivity index (χ0v) is 11.8. The van der Waals surface area contributed by atoms with Crippen molar-refractivity contribution in [3.05, 3.63) is 51.6 Å². The molecule has 19 heavy (non-hydrogen) atoms. The van der Waals surface area contributed by atoms with Gasteiger partial charge in [0.15, 0.2) is 5.78 Å². The van der Waals surface area contributed by atoms with Gasteiger partial charge in [-0.15, -0.1) is 0 Å². The van der Waals surface area contributed by atoms with Gasteiger partial charge in [-0.2, -0.15) is 5.10 Å². The highest BCUT2D eigenvalue weighted by Gasteiger charge is 2.17. The molecule has 3 nitrogen and oxygen atoms in total. The van der Waals surface area contributed by atoms with Crippen LogP contribution in [-0.2, 0) is 13.5 Å². The zero-order valence-electron chi connectivity index (χ0n) is 11.0. The Morgan fingerprint density at radius 3 is 2.63 bits per heavy atom. The molecule has 0 bridgehead atoms. The van der Waals surface area contributed by atoms with Gasteiger partial charge in [0, 0.05) is 19.2 Å². The summed E-state index contributed by atoms with van der Waals surface area (Å²) >= 11 is 5.71. The van der Waals surface area contributed by atoms with E-state index in [1.165, 1.54) is 12.1 Å². The maximum absolute atomic E-state index is 13.1. The largest absolute Gasteiger partial charge is 0.294 e. The Balaban J connectivity index is 2.28. The summed E-state index contributed by atoms with van der Waals surface area (Å²) in [6.07, 6.45) is 0.188. The summed E-state index contributed by atoms with van der Waals surface area (Å²) in [6.45, 7) is 3.66. The smallest absolute Gasteiger partial charge is 0.170 e.